The van der Waals surface area contributed by atoms with E-state index in [1.165, 1.54) is 35.6 Å². The first-order valence-corrected chi connectivity index (χ1v) is 33.9. The summed E-state index contributed by atoms with van der Waals surface area (Å²) in [6.45, 7) is 3.87. The number of carbonyl (C=O) groups excluding carboxylic acids is 3. The number of ether oxygens (including phenoxy) is 2. The molecule has 5 aromatic rings. The molecule has 0 bridgehead atoms. The van der Waals surface area contributed by atoms with Crippen LogP contribution in [0.25, 0.3) is 10.8 Å². The Kier molecular flexibility index (Phi) is 29.3. The lowest BCUT2D eigenvalue weighted by atomic mass is 9.92. The zero-order valence-electron chi connectivity index (χ0n) is 49.2. The second-order valence-corrected chi connectivity index (χ2v) is 26.3. The van der Waals surface area contributed by atoms with E-state index in [1.54, 1.807) is 25.3 Å². The van der Waals surface area contributed by atoms with Crippen LogP contribution in [0.3, 0.4) is 0 Å². The smallest absolute Gasteiger partial charge is 0.375 e. The molecule has 4 aliphatic rings. The van der Waals surface area contributed by atoms with Crippen LogP contribution < -0.4 is 27.0 Å². The summed E-state index contributed by atoms with van der Waals surface area (Å²) in [5.41, 5.74) is 5.62. The van der Waals surface area contributed by atoms with Crippen molar-refractivity contribution in [3.63, 3.8) is 0 Å². The summed E-state index contributed by atoms with van der Waals surface area (Å²) in [5, 5.41) is 23.1. The minimum atomic E-state index is -3.57. The Morgan fingerprint density at radius 2 is 1.00 bits per heavy atom. The zero-order chi connectivity index (χ0) is 68.2. The molecule has 0 aromatic carbocycles. The highest BCUT2D eigenvalue weighted by Gasteiger charge is 2.38. The van der Waals surface area contributed by atoms with E-state index in [-0.39, 0.29) is 154 Å². The Labute approximate surface area is 561 Å². The Morgan fingerprint density at radius 3 is 1.39 bits per heavy atom. The van der Waals surface area contributed by atoms with E-state index < -0.39 is 51.2 Å². The van der Waals surface area contributed by atoms with Gasteiger partial charge in [0, 0.05) is 111 Å². The number of ketones is 1. The molecule has 6 N–H and O–H groups in total. The highest BCUT2D eigenvalue weighted by Crippen LogP contribution is 2.38. The SMILES string of the molecule is CCOC(=O)C(=O)CBr.CCOC(=O)c1csc(-c2nc(Cl)cc(NC3CCC(F)(F)CC3)n2)n1.CS(=O)(=O)c1nc(Cl)cc(NC2CCC(F)(F)CC2)n1.N#Cc1nc(Cl)cc(NC2CCC(F)(F)CC2)n1.NC(=S)c1nc(Cl)cc(NC2CCC(F)(F)CC2)n1. The first-order chi connectivity index (χ1) is 43.1. The Bertz CT molecular complexity index is 3480. The summed E-state index contributed by atoms with van der Waals surface area (Å²) in [7, 11) is -3.57. The zero-order valence-corrected chi connectivity index (χ0v) is 56.2. The number of hydrogen-bond acceptors (Lipinski definition) is 23. The van der Waals surface area contributed by atoms with Crippen LogP contribution in [0.4, 0.5) is 58.4 Å². The number of nitrogens with two attached hydrogens (primary N) is 1. The monoisotopic (exact) mass is 1500 g/mol. The van der Waals surface area contributed by atoms with Gasteiger partial charge in [-0.15, -0.1) is 11.3 Å². The second-order valence-electron chi connectivity index (χ2n) is 20.9. The Balaban J connectivity index is 0.000000215. The summed E-state index contributed by atoms with van der Waals surface area (Å²) in [6.07, 6.45) is 2.61. The van der Waals surface area contributed by atoms with Gasteiger partial charge in [0.1, 0.15) is 54.9 Å². The van der Waals surface area contributed by atoms with Crippen LogP contribution in [0.15, 0.2) is 34.8 Å². The molecular formula is C54H62BrCl4F8N15O7S3. The molecule has 0 atom stereocenters. The molecule has 4 aliphatic carbocycles. The van der Waals surface area contributed by atoms with Crippen LogP contribution in [-0.4, -0.2) is 149 Å². The molecule has 5 heterocycles. The molecule has 4 saturated carbocycles. The number of nitriles is 1. The molecule has 9 rings (SSSR count). The molecule has 38 heteroatoms. The first-order valence-electron chi connectivity index (χ1n) is 28.1. The molecule has 0 aliphatic heterocycles. The van der Waals surface area contributed by atoms with E-state index >= 15 is 0 Å². The van der Waals surface area contributed by atoms with Gasteiger partial charge in [-0.1, -0.05) is 74.6 Å². The van der Waals surface area contributed by atoms with E-state index in [9.17, 15) is 57.9 Å². The number of nitrogens with one attached hydrogen (secondary N) is 4. The van der Waals surface area contributed by atoms with E-state index in [0.717, 1.165) is 6.26 Å². The fourth-order valence-corrected chi connectivity index (χ4v) is 11.2. The normalized spacial score (nSPS) is 17.7. The van der Waals surface area contributed by atoms with Gasteiger partial charge in [0.15, 0.2) is 22.4 Å². The van der Waals surface area contributed by atoms with Crippen molar-refractivity contribution in [2.24, 2.45) is 5.73 Å². The molecule has 4 fully saturated rings. The lowest BCUT2D eigenvalue weighted by Crippen LogP contribution is -2.32. The average molecular weight is 1500 g/mol. The number of nitrogens with zero attached hydrogens (tertiary/aromatic N) is 10. The number of esters is 2. The molecule has 5 aromatic heterocycles. The highest BCUT2D eigenvalue weighted by molar-refractivity contribution is 9.09. The molecule has 0 unspecified atom stereocenters. The maximum atomic E-state index is 13.3. The van der Waals surface area contributed by atoms with Crippen LogP contribution in [0.2, 0.25) is 20.6 Å². The largest absolute Gasteiger partial charge is 0.461 e. The third kappa shape index (κ3) is 26.9. The predicted molar refractivity (Wildman–Crippen MR) is 338 cm³/mol. The molecule has 504 valence electrons. The molecular weight excluding hydrogens is 1440 g/mol. The molecule has 92 heavy (non-hydrogen) atoms. The van der Waals surface area contributed by atoms with Gasteiger partial charge >= 0.3 is 11.9 Å². The van der Waals surface area contributed by atoms with Crippen molar-refractivity contribution < 1.29 is 67.4 Å². The van der Waals surface area contributed by atoms with Gasteiger partial charge in [-0.2, -0.15) is 5.26 Å². The predicted octanol–water partition coefficient (Wildman–Crippen LogP) is 13.2. The van der Waals surface area contributed by atoms with Gasteiger partial charge in [0.2, 0.25) is 50.3 Å². The summed E-state index contributed by atoms with van der Waals surface area (Å²) in [4.78, 5) is 68.3. The van der Waals surface area contributed by atoms with Gasteiger partial charge in [-0.05, 0) is 65.2 Å². The molecule has 22 nitrogen and oxygen atoms in total. The fourth-order valence-electron chi connectivity index (χ4n) is 8.88. The summed E-state index contributed by atoms with van der Waals surface area (Å²) >= 11 is 32.2. The maximum Gasteiger partial charge on any atom is 0.375 e. The number of halogens is 13. The number of sulfone groups is 1. The number of aromatic nitrogens is 9. The van der Waals surface area contributed by atoms with E-state index in [4.69, 9.17) is 74.4 Å². The van der Waals surface area contributed by atoms with Crippen molar-refractivity contribution in [1.29, 1.82) is 5.26 Å². The van der Waals surface area contributed by atoms with Crippen molar-refractivity contribution in [3.05, 3.63) is 67.6 Å². The van der Waals surface area contributed by atoms with Crippen LogP contribution in [0, 0.1) is 11.3 Å². The molecule has 0 radical (unpaired) electrons. The van der Waals surface area contributed by atoms with Crippen LogP contribution in [0.1, 0.15) is 139 Å². The minimum absolute atomic E-state index is 0.0101. The number of hydrogen-bond donors (Lipinski definition) is 5. The number of thiocarbonyl (C=S) groups is 1. The van der Waals surface area contributed by atoms with Crippen molar-refractivity contribution in [2.45, 2.75) is 170 Å². The van der Waals surface area contributed by atoms with Crippen LogP contribution >= 0.6 is 85.9 Å². The van der Waals surface area contributed by atoms with Gasteiger partial charge in [0.25, 0.3) is 0 Å². The van der Waals surface area contributed by atoms with Crippen molar-refractivity contribution in [3.8, 4) is 16.9 Å². The van der Waals surface area contributed by atoms with Crippen LogP contribution in [0.5, 0.6) is 0 Å². The van der Waals surface area contributed by atoms with Crippen molar-refractivity contribution in [1.82, 2.24) is 44.9 Å². The van der Waals surface area contributed by atoms with Gasteiger partial charge in [0.05, 0.1) is 18.5 Å². The third-order valence-electron chi connectivity index (χ3n) is 13.5. The number of alkyl halides is 9. The van der Waals surface area contributed by atoms with E-state index in [0.29, 0.717) is 73.8 Å². The number of carbonyl (C=O) groups is 3. The van der Waals surface area contributed by atoms with Crippen LogP contribution in [-0.2, 0) is 28.9 Å². The summed E-state index contributed by atoms with van der Waals surface area (Å²) in [6, 6.07) is 7.33. The summed E-state index contributed by atoms with van der Waals surface area (Å²) < 4.78 is 137. The standard InChI is InChI=1S/C16H17ClF2N4O2S.C11H13ClF2N4S.C11H11ClF2N4.C11H14ClF2N3O2S.C5H7BrO3/c1-2-25-15(24)10-8-26-14(21-10)13-22-11(17)7-12(23-13)20-9-3-5-16(18,19)6-4-9;12-7-5-8(18-10(17-7)9(15)19)16-6-1-3-11(13,14)4-2-6;12-8-5-9(18-10(6-15)17-8)16-7-1-3-11(13,14)4-2-7;1-20(18,19)10-16-8(12)6-9(17-10)15-7-2-4-11(13,14)5-3-7;1-2-9-5(8)4(7)3-6/h7-9H,2-6H2,1H3,(H,20,22,23);5-6H,1-4H2,(H2,15,19)(H,16,17,18);5,7H,1-4H2,(H,16,17,18);6-7H,2-5H2,1H3,(H,15,16,17);2-3H2,1H3. The maximum absolute atomic E-state index is 13.3. The Morgan fingerprint density at radius 1 is 0.620 bits per heavy atom. The molecule has 0 amide bonds. The quantitative estimate of drug-likeness (QED) is 0.0117. The lowest BCUT2D eigenvalue weighted by molar-refractivity contribution is -0.152. The van der Waals surface area contributed by atoms with Crippen molar-refractivity contribution in [2.75, 3.05) is 46.1 Å². The highest BCUT2D eigenvalue weighted by atomic mass is 79.9. The number of Topliss-reactive ketones (excluding diaryl/α,β-unsaturated/α-hetero) is 1. The van der Waals surface area contributed by atoms with Gasteiger partial charge in [-0.25, -0.2) is 98.0 Å². The van der Waals surface area contributed by atoms with Gasteiger partial charge < -0.3 is 36.5 Å². The van der Waals surface area contributed by atoms with Crippen molar-refractivity contribution >= 4 is 142 Å². The minimum Gasteiger partial charge on any atom is -0.461 e. The molecule has 0 saturated heterocycles. The summed E-state index contributed by atoms with van der Waals surface area (Å²) in [5.74, 6) is -10.2. The average Bonchev–Trinajstić information content (AvgIpc) is 1.53. The third-order valence-corrected chi connectivity index (χ3v) is 16.6. The fraction of sp³-hybridized carbons (Fsp3) is 0.556. The van der Waals surface area contributed by atoms with Gasteiger partial charge in [-0.3, -0.25) is 4.79 Å². The number of rotatable bonds is 16. The number of anilines is 4. The topological polar surface area (TPSA) is 318 Å². The van der Waals surface area contributed by atoms with E-state index in [1.807, 2.05) is 0 Å². The Hall–Kier alpha value is -5.83. The second kappa shape index (κ2) is 35.1. The number of thiazole rings is 1. The van der Waals surface area contributed by atoms with E-state index in [2.05, 4.69) is 86.8 Å². The molecule has 0 spiro atoms. The first kappa shape index (κ1) is 76.9. The lowest BCUT2D eigenvalue weighted by Gasteiger charge is -2.29.